The van der Waals surface area contributed by atoms with Gasteiger partial charge in [0, 0.05) is 31.8 Å². The maximum atomic E-state index is 12.4. The number of carboxylic acid groups (broad SMARTS) is 1. The van der Waals surface area contributed by atoms with Crippen LogP contribution >= 0.6 is 0 Å². The number of amides is 1. The Balaban J connectivity index is 1.95. The lowest BCUT2D eigenvalue weighted by Gasteiger charge is -2.22. The minimum atomic E-state index is -1.02. The third-order valence-corrected chi connectivity index (χ3v) is 3.86. The van der Waals surface area contributed by atoms with Crippen molar-refractivity contribution in [3.05, 3.63) is 42.0 Å². The van der Waals surface area contributed by atoms with Crippen LogP contribution in [0, 0.1) is 0 Å². The van der Waals surface area contributed by atoms with Crippen molar-refractivity contribution in [2.45, 2.75) is 13.0 Å². The first-order valence-corrected chi connectivity index (χ1v) is 7.53. The monoisotopic (exact) mass is 318 g/mol. The molecule has 23 heavy (non-hydrogen) atoms. The molecular formula is C17H22N2O4. The molecule has 0 saturated carbocycles. The highest BCUT2D eigenvalue weighted by atomic mass is 16.5. The van der Waals surface area contributed by atoms with Crippen molar-refractivity contribution in [1.82, 2.24) is 9.80 Å². The number of methoxy groups -OCH3 is 1. The summed E-state index contributed by atoms with van der Waals surface area (Å²) in [5.74, 6) is -0.220. The van der Waals surface area contributed by atoms with E-state index in [0.29, 0.717) is 19.6 Å². The summed E-state index contributed by atoms with van der Waals surface area (Å²) in [6.07, 6.45) is 0.814. The molecule has 1 aromatic carbocycles. The summed E-state index contributed by atoms with van der Waals surface area (Å²) < 4.78 is 5.13. The van der Waals surface area contributed by atoms with E-state index in [1.54, 1.807) is 7.11 Å². The predicted molar refractivity (Wildman–Crippen MR) is 86.2 cm³/mol. The fraction of sp³-hybridized carbons (Fsp3) is 0.412. The van der Waals surface area contributed by atoms with Gasteiger partial charge in [-0.25, -0.2) is 4.79 Å². The maximum Gasteiger partial charge on any atom is 0.332 e. The number of hydrogen-bond donors (Lipinski definition) is 1. The van der Waals surface area contributed by atoms with Gasteiger partial charge < -0.3 is 14.7 Å². The average Bonchev–Trinajstić information content (AvgIpc) is 2.70. The molecule has 0 radical (unpaired) electrons. The van der Waals surface area contributed by atoms with Gasteiger partial charge >= 0.3 is 5.97 Å². The Kier molecular flexibility index (Phi) is 5.76. The zero-order valence-corrected chi connectivity index (χ0v) is 13.3. The van der Waals surface area contributed by atoms with Gasteiger partial charge in [-0.2, -0.15) is 0 Å². The van der Waals surface area contributed by atoms with Gasteiger partial charge in [-0.3, -0.25) is 9.69 Å². The Morgan fingerprint density at radius 3 is 2.61 bits per heavy atom. The number of rotatable bonds is 6. The molecular weight excluding hydrogens is 296 g/mol. The SMILES string of the molecule is C=C(CN1CCCN(Cc2ccc(OC)cc2)C(=O)C1)C(=O)O. The van der Waals surface area contributed by atoms with E-state index in [-0.39, 0.29) is 24.6 Å². The first kappa shape index (κ1) is 17.0. The number of carboxylic acids is 1. The molecule has 1 heterocycles. The lowest BCUT2D eigenvalue weighted by molar-refractivity contribution is -0.134. The van der Waals surface area contributed by atoms with Crippen molar-refractivity contribution in [2.24, 2.45) is 0 Å². The molecule has 0 spiro atoms. The van der Waals surface area contributed by atoms with Gasteiger partial charge in [0.2, 0.25) is 5.91 Å². The highest BCUT2D eigenvalue weighted by molar-refractivity contribution is 5.86. The van der Waals surface area contributed by atoms with Gasteiger partial charge in [-0.15, -0.1) is 0 Å². The molecule has 1 aromatic rings. The Labute approximate surface area is 136 Å². The number of ether oxygens (including phenoxy) is 1. The van der Waals surface area contributed by atoms with E-state index in [9.17, 15) is 9.59 Å². The van der Waals surface area contributed by atoms with E-state index in [4.69, 9.17) is 9.84 Å². The number of benzene rings is 1. The minimum Gasteiger partial charge on any atom is -0.497 e. The standard InChI is InChI=1S/C17H22N2O4/c1-13(17(21)22)10-18-8-3-9-19(16(20)12-18)11-14-4-6-15(23-2)7-5-14/h4-7H,1,3,8-12H2,2H3,(H,21,22). The molecule has 1 N–H and O–H groups in total. The van der Waals surface area contributed by atoms with Crippen molar-refractivity contribution < 1.29 is 19.4 Å². The molecule has 0 unspecified atom stereocenters. The fourth-order valence-corrected chi connectivity index (χ4v) is 2.57. The Morgan fingerprint density at radius 1 is 1.30 bits per heavy atom. The zero-order chi connectivity index (χ0) is 16.8. The maximum absolute atomic E-state index is 12.4. The summed E-state index contributed by atoms with van der Waals surface area (Å²) in [5, 5.41) is 8.91. The van der Waals surface area contributed by atoms with Crippen LogP contribution in [0.4, 0.5) is 0 Å². The molecule has 1 saturated heterocycles. The minimum absolute atomic E-state index is 0.0107. The highest BCUT2D eigenvalue weighted by Crippen LogP contribution is 2.15. The van der Waals surface area contributed by atoms with Crippen molar-refractivity contribution in [1.29, 1.82) is 0 Å². The summed E-state index contributed by atoms with van der Waals surface area (Å²) in [7, 11) is 1.62. The van der Waals surface area contributed by atoms with E-state index in [0.717, 1.165) is 17.7 Å². The van der Waals surface area contributed by atoms with Crippen LogP contribution in [0.25, 0.3) is 0 Å². The molecule has 0 bridgehead atoms. The second kappa shape index (κ2) is 7.78. The van der Waals surface area contributed by atoms with Crippen LogP contribution in [0.5, 0.6) is 5.75 Å². The quantitative estimate of drug-likeness (QED) is 0.802. The largest absolute Gasteiger partial charge is 0.497 e. The topological polar surface area (TPSA) is 70.1 Å². The van der Waals surface area contributed by atoms with Crippen LogP contribution in [-0.2, 0) is 16.1 Å². The first-order valence-electron chi connectivity index (χ1n) is 7.53. The second-order valence-electron chi connectivity index (χ2n) is 5.64. The van der Waals surface area contributed by atoms with Crippen LogP contribution in [0.2, 0.25) is 0 Å². The Morgan fingerprint density at radius 2 is 2.00 bits per heavy atom. The lowest BCUT2D eigenvalue weighted by Crippen LogP contribution is -2.37. The number of aliphatic carboxylic acids is 1. The molecule has 0 aromatic heterocycles. The summed E-state index contributed by atoms with van der Waals surface area (Å²) in [5.41, 5.74) is 1.16. The number of carbonyl (C=O) groups excluding carboxylic acids is 1. The molecule has 2 rings (SSSR count). The van der Waals surface area contributed by atoms with Crippen LogP contribution in [0.3, 0.4) is 0 Å². The summed E-state index contributed by atoms with van der Waals surface area (Å²) in [6, 6.07) is 7.64. The molecule has 124 valence electrons. The first-order chi connectivity index (χ1) is 11.0. The highest BCUT2D eigenvalue weighted by Gasteiger charge is 2.23. The molecule has 1 aliphatic rings. The number of hydrogen-bond acceptors (Lipinski definition) is 4. The van der Waals surface area contributed by atoms with E-state index in [1.165, 1.54) is 0 Å². The molecule has 1 fully saturated rings. The van der Waals surface area contributed by atoms with Crippen LogP contribution in [0.1, 0.15) is 12.0 Å². The molecule has 0 atom stereocenters. The van der Waals surface area contributed by atoms with Crippen molar-refractivity contribution in [3.63, 3.8) is 0 Å². The van der Waals surface area contributed by atoms with Crippen molar-refractivity contribution in [2.75, 3.05) is 33.3 Å². The normalized spacial score (nSPS) is 16.0. The third-order valence-electron chi connectivity index (χ3n) is 3.86. The second-order valence-corrected chi connectivity index (χ2v) is 5.64. The average molecular weight is 318 g/mol. The predicted octanol–water partition coefficient (Wildman–Crippen LogP) is 1.37. The van der Waals surface area contributed by atoms with Gasteiger partial charge in [-0.05, 0) is 24.1 Å². The Hall–Kier alpha value is -2.34. The van der Waals surface area contributed by atoms with Crippen LogP contribution in [0.15, 0.2) is 36.4 Å². The summed E-state index contributed by atoms with van der Waals surface area (Å²) in [4.78, 5) is 26.9. The van der Waals surface area contributed by atoms with E-state index < -0.39 is 5.97 Å². The summed E-state index contributed by atoms with van der Waals surface area (Å²) in [6.45, 7) is 5.88. The number of nitrogens with zero attached hydrogens (tertiary/aromatic N) is 2. The van der Waals surface area contributed by atoms with Crippen LogP contribution < -0.4 is 4.74 Å². The lowest BCUT2D eigenvalue weighted by atomic mass is 10.2. The summed E-state index contributed by atoms with van der Waals surface area (Å²) >= 11 is 0. The Bertz CT molecular complexity index is 583. The molecule has 1 amide bonds. The van der Waals surface area contributed by atoms with Crippen molar-refractivity contribution >= 4 is 11.9 Å². The smallest absolute Gasteiger partial charge is 0.332 e. The molecule has 6 nitrogen and oxygen atoms in total. The third kappa shape index (κ3) is 4.82. The van der Waals surface area contributed by atoms with Gasteiger partial charge in [0.25, 0.3) is 0 Å². The van der Waals surface area contributed by atoms with E-state index >= 15 is 0 Å². The molecule has 1 aliphatic heterocycles. The van der Waals surface area contributed by atoms with Crippen molar-refractivity contribution in [3.8, 4) is 5.75 Å². The number of carbonyl (C=O) groups is 2. The van der Waals surface area contributed by atoms with E-state index in [1.807, 2.05) is 34.1 Å². The zero-order valence-electron chi connectivity index (χ0n) is 13.3. The molecule has 6 heteroatoms. The van der Waals surface area contributed by atoms with E-state index in [2.05, 4.69) is 6.58 Å². The van der Waals surface area contributed by atoms with Gasteiger partial charge in [0.1, 0.15) is 5.75 Å². The molecule has 0 aliphatic carbocycles. The van der Waals surface area contributed by atoms with Gasteiger partial charge in [-0.1, -0.05) is 18.7 Å². The fourth-order valence-electron chi connectivity index (χ4n) is 2.57. The van der Waals surface area contributed by atoms with Gasteiger partial charge in [0.15, 0.2) is 0 Å². The van der Waals surface area contributed by atoms with Crippen LogP contribution in [-0.4, -0.2) is 60.1 Å². The van der Waals surface area contributed by atoms with Gasteiger partial charge in [0.05, 0.1) is 13.7 Å².